The van der Waals surface area contributed by atoms with Crippen molar-refractivity contribution < 1.29 is 5.11 Å². The van der Waals surface area contributed by atoms with Crippen molar-refractivity contribution in [2.45, 2.75) is 12.8 Å². The summed E-state index contributed by atoms with van der Waals surface area (Å²) in [7, 11) is 4.12. The van der Waals surface area contributed by atoms with Crippen molar-refractivity contribution in [1.29, 1.82) is 0 Å². The number of aryl methyl sites for hydroxylation is 1. The number of phenols is 1. The van der Waals surface area contributed by atoms with E-state index in [1.807, 2.05) is 12.1 Å². The van der Waals surface area contributed by atoms with Crippen molar-refractivity contribution in [2.75, 3.05) is 20.6 Å². The normalized spacial score (nSPS) is 10.9. The number of benzene rings is 1. The Balaban J connectivity index is 2.47. The number of hydrogen-bond donors (Lipinski definition) is 1. The standard InChI is InChI=1S/C11H16ClNO/c1-13(2)7-3-4-9-5-6-11(14)10(12)8-9/h5-6,8,14H,3-4,7H2,1-2H3. The summed E-state index contributed by atoms with van der Waals surface area (Å²) < 4.78 is 0. The van der Waals surface area contributed by atoms with Gasteiger partial charge in [0.1, 0.15) is 5.75 Å². The highest BCUT2D eigenvalue weighted by Gasteiger charge is 2.00. The molecule has 14 heavy (non-hydrogen) atoms. The number of phenolic OH excluding ortho intramolecular Hbond substituents is 1. The zero-order valence-corrected chi connectivity index (χ0v) is 9.38. The predicted octanol–water partition coefficient (Wildman–Crippen LogP) is 2.54. The van der Waals surface area contributed by atoms with Crippen LogP contribution in [0.15, 0.2) is 18.2 Å². The Morgan fingerprint density at radius 2 is 2.07 bits per heavy atom. The van der Waals surface area contributed by atoms with Crippen LogP contribution in [0.3, 0.4) is 0 Å². The van der Waals surface area contributed by atoms with Gasteiger partial charge >= 0.3 is 0 Å². The molecule has 0 unspecified atom stereocenters. The summed E-state index contributed by atoms with van der Waals surface area (Å²) in [6, 6.07) is 5.39. The molecule has 1 rings (SSSR count). The molecule has 0 aliphatic heterocycles. The van der Waals surface area contributed by atoms with Gasteiger partial charge in [-0.25, -0.2) is 0 Å². The fraction of sp³-hybridized carbons (Fsp3) is 0.455. The molecule has 1 aromatic carbocycles. The third kappa shape index (κ3) is 3.56. The highest BCUT2D eigenvalue weighted by molar-refractivity contribution is 6.32. The fourth-order valence-corrected chi connectivity index (χ4v) is 1.51. The number of rotatable bonds is 4. The second kappa shape index (κ2) is 5.23. The molecular formula is C11H16ClNO. The molecular weight excluding hydrogens is 198 g/mol. The lowest BCUT2D eigenvalue weighted by molar-refractivity contribution is 0.400. The summed E-state index contributed by atoms with van der Waals surface area (Å²) in [5.74, 6) is 0.156. The molecule has 0 aromatic heterocycles. The van der Waals surface area contributed by atoms with Crippen LogP contribution in [0.4, 0.5) is 0 Å². The van der Waals surface area contributed by atoms with Crippen LogP contribution >= 0.6 is 11.6 Å². The van der Waals surface area contributed by atoms with Crippen molar-refractivity contribution in [3.05, 3.63) is 28.8 Å². The van der Waals surface area contributed by atoms with Gasteiger partial charge in [0, 0.05) is 0 Å². The molecule has 0 atom stereocenters. The number of aromatic hydroxyl groups is 1. The van der Waals surface area contributed by atoms with Crippen molar-refractivity contribution in [3.8, 4) is 5.75 Å². The van der Waals surface area contributed by atoms with Gasteiger partial charge < -0.3 is 10.0 Å². The summed E-state index contributed by atoms with van der Waals surface area (Å²) in [5.41, 5.74) is 1.18. The van der Waals surface area contributed by atoms with Crippen LogP contribution in [0, 0.1) is 0 Å². The maximum Gasteiger partial charge on any atom is 0.134 e. The van der Waals surface area contributed by atoms with Crippen molar-refractivity contribution in [1.82, 2.24) is 4.90 Å². The molecule has 1 N–H and O–H groups in total. The smallest absolute Gasteiger partial charge is 0.134 e. The van der Waals surface area contributed by atoms with Gasteiger partial charge in [0.05, 0.1) is 5.02 Å². The average molecular weight is 214 g/mol. The topological polar surface area (TPSA) is 23.5 Å². The largest absolute Gasteiger partial charge is 0.506 e. The van der Waals surface area contributed by atoms with E-state index in [4.69, 9.17) is 11.6 Å². The predicted molar refractivity (Wildman–Crippen MR) is 60.0 cm³/mol. The first kappa shape index (κ1) is 11.3. The van der Waals surface area contributed by atoms with Crippen molar-refractivity contribution in [2.24, 2.45) is 0 Å². The minimum Gasteiger partial charge on any atom is -0.506 e. The highest BCUT2D eigenvalue weighted by atomic mass is 35.5. The maximum absolute atomic E-state index is 9.22. The molecule has 0 aliphatic rings. The van der Waals surface area contributed by atoms with E-state index in [1.165, 1.54) is 5.56 Å². The van der Waals surface area contributed by atoms with E-state index in [9.17, 15) is 5.11 Å². The Kier molecular flexibility index (Phi) is 4.23. The third-order valence-electron chi connectivity index (χ3n) is 2.08. The van der Waals surface area contributed by atoms with Crippen LogP contribution in [0.2, 0.25) is 5.02 Å². The zero-order chi connectivity index (χ0) is 10.6. The molecule has 78 valence electrons. The first-order valence-electron chi connectivity index (χ1n) is 4.71. The molecule has 0 radical (unpaired) electrons. The Labute approximate surface area is 90.1 Å². The van der Waals surface area contributed by atoms with Crippen molar-refractivity contribution in [3.63, 3.8) is 0 Å². The summed E-state index contributed by atoms with van der Waals surface area (Å²) in [6.07, 6.45) is 2.10. The van der Waals surface area contributed by atoms with E-state index in [0.717, 1.165) is 19.4 Å². The summed E-state index contributed by atoms with van der Waals surface area (Å²) in [6.45, 7) is 1.07. The SMILES string of the molecule is CN(C)CCCc1ccc(O)c(Cl)c1. The first-order chi connectivity index (χ1) is 6.59. The minimum absolute atomic E-state index is 0.156. The molecule has 0 spiro atoms. The van der Waals surface area contributed by atoms with Gasteiger partial charge in [-0.1, -0.05) is 17.7 Å². The van der Waals surface area contributed by atoms with Crippen LogP contribution in [0.1, 0.15) is 12.0 Å². The van der Waals surface area contributed by atoms with Crippen LogP contribution < -0.4 is 0 Å². The molecule has 0 bridgehead atoms. The van der Waals surface area contributed by atoms with Gasteiger partial charge in [0.2, 0.25) is 0 Å². The molecule has 0 saturated carbocycles. The summed E-state index contributed by atoms with van der Waals surface area (Å²) in [4.78, 5) is 2.15. The molecule has 0 fully saturated rings. The van der Waals surface area contributed by atoms with Crippen LogP contribution in [-0.4, -0.2) is 30.6 Å². The van der Waals surface area contributed by atoms with Gasteiger partial charge in [0.25, 0.3) is 0 Å². The zero-order valence-electron chi connectivity index (χ0n) is 8.63. The van der Waals surface area contributed by atoms with Crippen molar-refractivity contribution >= 4 is 11.6 Å². The Hall–Kier alpha value is -0.730. The molecule has 0 amide bonds. The van der Waals surface area contributed by atoms with Gasteiger partial charge in [-0.2, -0.15) is 0 Å². The lowest BCUT2D eigenvalue weighted by atomic mass is 10.1. The fourth-order valence-electron chi connectivity index (χ4n) is 1.31. The Bertz CT molecular complexity index is 299. The third-order valence-corrected chi connectivity index (χ3v) is 2.39. The van der Waals surface area contributed by atoms with E-state index in [1.54, 1.807) is 6.07 Å². The average Bonchev–Trinajstić information content (AvgIpc) is 2.10. The highest BCUT2D eigenvalue weighted by Crippen LogP contribution is 2.24. The molecule has 2 nitrogen and oxygen atoms in total. The van der Waals surface area contributed by atoms with Gasteiger partial charge in [-0.05, 0) is 51.2 Å². The molecule has 0 saturated heterocycles. The van der Waals surface area contributed by atoms with E-state index >= 15 is 0 Å². The van der Waals surface area contributed by atoms with Crippen LogP contribution in [0.5, 0.6) is 5.75 Å². The second-order valence-electron chi connectivity index (χ2n) is 3.69. The minimum atomic E-state index is 0.156. The van der Waals surface area contributed by atoms with Gasteiger partial charge in [-0.15, -0.1) is 0 Å². The van der Waals surface area contributed by atoms with E-state index in [0.29, 0.717) is 5.02 Å². The lowest BCUT2D eigenvalue weighted by Gasteiger charge is -2.09. The lowest BCUT2D eigenvalue weighted by Crippen LogP contribution is -2.13. The second-order valence-corrected chi connectivity index (χ2v) is 4.10. The molecule has 3 heteroatoms. The first-order valence-corrected chi connectivity index (χ1v) is 5.09. The van der Waals surface area contributed by atoms with Gasteiger partial charge in [-0.3, -0.25) is 0 Å². The summed E-state index contributed by atoms with van der Waals surface area (Å²) in [5, 5.41) is 9.65. The monoisotopic (exact) mass is 213 g/mol. The van der Waals surface area contributed by atoms with E-state index < -0.39 is 0 Å². The van der Waals surface area contributed by atoms with E-state index in [-0.39, 0.29) is 5.75 Å². The van der Waals surface area contributed by atoms with Crippen LogP contribution in [-0.2, 0) is 6.42 Å². The van der Waals surface area contributed by atoms with Crippen LogP contribution in [0.25, 0.3) is 0 Å². The van der Waals surface area contributed by atoms with Gasteiger partial charge in [0.15, 0.2) is 0 Å². The Morgan fingerprint density at radius 1 is 1.36 bits per heavy atom. The molecule has 1 aromatic rings. The molecule has 0 aliphatic carbocycles. The van der Waals surface area contributed by atoms with E-state index in [2.05, 4.69) is 19.0 Å². The number of nitrogens with zero attached hydrogens (tertiary/aromatic N) is 1. The maximum atomic E-state index is 9.22. The summed E-state index contributed by atoms with van der Waals surface area (Å²) >= 11 is 5.79. The quantitative estimate of drug-likeness (QED) is 0.831. The number of hydrogen-bond acceptors (Lipinski definition) is 2. The molecule has 0 heterocycles. The number of halogens is 1. The Morgan fingerprint density at radius 3 is 2.64 bits per heavy atom.